The second-order valence-corrected chi connectivity index (χ2v) is 6.62. The Morgan fingerprint density at radius 3 is 2.79 bits per heavy atom. The summed E-state index contributed by atoms with van der Waals surface area (Å²) in [5.41, 5.74) is 1.64. The number of Topliss-reactive ketones (excluding diaryl/α,β-unsaturated/α-hetero) is 2. The smallest absolute Gasteiger partial charge is 0.213 e. The van der Waals surface area contributed by atoms with E-state index < -0.39 is 0 Å². The molecule has 1 aliphatic carbocycles. The van der Waals surface area contributed by atoms with Crippen LogP contribution in [0.3, 0.4) is 0 Å². The average Bonchev–Trinajstić information content (AvgIpc) is 3.03. The molecule has 0 bridgehead atoms. The third kappa shape index (κ3) is 2.97. The summed E-state index contributed by atoms with van der Waals surface area (Å²) in [4.78, 5) is 29.2. The van der Waals surface area contributed by atoms with Crippen molar-refractivity contribution in [3.63, 3.8) is 0 Å². The molecular weight excluding hydrogens is 326 g/mol. The van der Waals surface area contributed by atoms with Crippen LogP contribution in [0, 0.1) is 0 Å². The molecule has 0 radical (unpaired) electrons. The first kappa shape index (κ1) is 16.4. The van der Waals surface area contributed by atoms with Gasteiger partial charge in [0.25, 0.3) is 0 Å². The van der Waals surface area contributed by atoms with Gasteiger partial charge in [0, 0.05) is 35.3 Å². The number of aliphatic hydroxyl groups excluding tert-OH is 1. The van der Waals surface area contributed by atoms with Crippen molar-refractivity contribution in [2.75, 3.05) is 7.11 Å². The highest BCUT2D eigenvalue weighted by molar-refractivity contribution is 7.10. The first-order valence-electron chi connectivity index (χ1n) is 7.56. The number of rotatable bonds is 4. The zero-order chi connectivity index (χ0) is 17.3. The predicted octanol–water partition coefficient (Wildman–Crippen LogP) is 3.67. The van der Waals surface area contributed by atoms with Crippen LogP contribution >= 0.6 is 11.3 Å². The number of carbonyl (C=O) groups excluding carboxylic acids is 2. The lowest BCUT2D eigenvalue weighted by Crippen LogP contribution is -2.22. The van der Waals surface area contributed by atoms with E-state index in [1.165, 1.54) is 18.3 Å². The van der Waals surface area contributed by atoms with E-state index >= 15 is 0 Å². The van der Waals surface area contributed by atoms with Gasteiger partial charge in [0.15, 0.2) is 11.6 Å². The fourth-order valence-corrected chi connectivity index (χ4v) is 4.02. The summed E-state index contributed by atoms with van der Waals surface area (Å²) in [6, 6.07) is 7.47. The molecule has 1 N–H and O–H groups in total. The van der Waals surface area contributed by atoms with Gasteiger partial charge in [0.2, 0.25) is 5.88 Å². The number of methoxy groups -OCH3 is 1. The van der Waals surface area contributed by atoms with Gasteiger partial charge in [-0.05, 0) is 24.4 Å². The quantitative estimate of drug-likeness (QED) is 0.857. The highest BCUT2D eigenvalue weighted by Crippen LogP contribution is 2.41. The Labute approximate surface area is 143 Å². The number of hydrogen-bond acceptors (Lipinski definition) is 6. The Hall–Kier alpha value is -2.47. The molecule has 2 aromatic heterocycles. The summed E-state index contributed by atoms with van der Waals surface area (Å²) in [5, 5.41) is 12.1. The molecule has 1 atom stereocenters. The first-order chi connectivity index (χ1) is 11.5. The van der Waals surface area contributed by atoms with E-state index in [9.17, 15) is 14.7 Å². The summed E-state index contributed by atoms with van der Waals surface area (Å²) >= 11 is 1.53. The van der Waals surface area contributed by atoms with Crippen LogP contribution in [0.15, 0.2) is 41.0 Å². The van der Waals surface area contributed by atoms with Crippen LogP contribution in [0.5, 0.6) is 5.88 Å². The maximum absolute atomic E-state index is 12.2. The number of ether oxygens (including phenoxy) is 1. The minimum atomic E-state index is -0.378. The standard InChI is InChI=1S/C18H17NO4S/c1-10(20)17-14(21)8-11(9-15(17)22)18-12(6-7-24-18)13-4-3-5-16(19-13)23-2/h3-7,11,21H,8-9H2,1-2H3/t11-/m1/s1. The predicted molar refractivity (Wildman–Crippen MR) is 91.4 cm³/mol. The van der Waals surface area contributed by atoms with E-state index in [4.69, 9.17) is 4.74 Å². The Kier molecular flexibility index (Phi) is 4.49. The van der Waals surface area contributed by atoms with Crippen molar-refractivity contribution in [1.82, 2.24) is 4.98 Å². The Bertz CT molecular complexity index is 837. The van der Waals surface area contributed by atoms with Crippen molar-refractivity contribution in [3.05, 3.63) is 45.9 Å². The summed E-state index contributed by atoms with van der Waals surface area (Å²) < 4.78 is 5.17. The Balaban J connectivity index is 1.97. The zero-order valence-electron chi connectivity index (χ0n) is 13.4. The third-order valence-electron chi connectivity index (χ3n) is 4.07. The third-order valence-corrected chi connectivity index (χ3v) is 5.14. The molecule has 1 aliphatic rings. The second kappa shape index (κ2) is 6.57. The number of aromatic nitrogens is 1. The molecule has 0 aromatic carbocycles. The van der Waals surface area contributed by atoms with Crippen LogP contribution < -0.4 is 4.74 Å². The molecule has 0 saturated carbocycles. The largest absolute Gasteiger partial charge is 0.511 e. The van der Waals surface area contributed by atoms with Crippen molar-refractivity contribution in [1.29, 1.82) is 0 Å². The monoisotopic (exact) mass is 343 g/mol. The number of hydrogen-bond donors (Lipinski definition) is 1. The normalized spacial score (nSPS) is 17.9. The fraction of sp³-hybridized carbons (Fsp3) is 0.278. The van der Waals surface area contributed by atoms with Crippen LogP contribution in [0.1, 0.15) is 30.6 Å². The van der Waals surface area contributed by atoms with Crippen molar-refractivity contribution < 1.29 is 19.4 Å². The molecule has 3 rings (SSSR count). The highest BCUT2D eigenvalue weighted by atomic mass is 32.1. The van der Waals surface area contributed by atoms with Crippen LogP contribution in [-0.2, 0) is 9.59 Å². The lowest BCUT2D eigenvalue weighted by atomic mass is 9.83. The van der Waals surface area contributed by atoms with E-state index in [1.54, 1.807) is 13.2 Å². The number of carbonyl (C=O) groups is 2. The van der Waals surface area contributed by atoms with E-state index in [-0.39, 0.29) is 41.7 Å². The van der Waals surface area contributed by atoms with Gasteiger partial charge in [-0.2, -0.15) is 0 Å². The Morgan fingerprint density at radius 2 is 2.12 bits per heavy atom. The first-order valence-corrected chi connectivity index (χ1v) is 8.44. The van der Waals surface area contributed by atoms with Gasteiger partial charge in [-0.25, -0.2) is 4.98 Å². The van der Waals surface area contributed by atoms with Gasteiger partial charge in [0.05, 0.1) is 18.4 Å². The van der Waals surface area contributed by atoms with E-state index in [0.717, 1.165) is 16.1 Å². The molecule has 2 heterocycles. The molecule has 5 nitrogen and oxygen atoms in total. The van der Waals surface area contributed by atoms with Gasteiger partial charge in [0.1, 0.15) is 5.76 Å². The van der Waals surface area contributed by atoms with Crippen molar-refractivity contribution in [3.8, 4) is 17.1 Å². The molecular formula is C18H17NO4S. The van der Waals surface area contributed by atoms with Crippen LogP contribution in [0.25, 0.3) is 11.3 Å². The van der Waals surface area contributed by atoms with Crippen LogP contribution in [0.2, 0.25) is 0 Å². The number of nitrogens with zero attached hydrogens (tertiary/aromatic N) is 1. The summed E-state index contributed by atoms with van der Waals surface area (Å²) in [6.07, 6.45) is 0.509. The number of pyridine rings is 1. The van der Waals surface area contributed by atoms with E-state index in [1.807, 2.05) is 23.6 Å². The van der Waals surface area contributed by atoms with Gasteiger partial charge in [-0.3, -0.25) is 9.59 Å². The van der Waals surface area contributed by atoms with Gasteiger partial charge in [-0.15, -0.1) is 11.3 Å². The molecule has 0 unspecified atom stereocenters. The highest BCUT2D eigenvalue weighted by Gasteiger charge is 2.32. The topological polar surface area (TPSA) is 76.5 Å². The second-order valence-electron chi connectivity index (χ2n) is 5.67. The fourth-order valence-electron chi connectivity index (χ4n) is 3.01. The number of thiophene rings is 1. The number of aliphatic hydroxyl groups is 1. The molecule has 2 aromatic rings. The van der Waals surface area contributed by atoms with Crippen LogP contribution in [-0.4, -0.2) is 28.8 Å². The lowest BCUT2D eigenvalue weighted by molar-refractivity contribution is -0.121. The van der Waals surface area contributed by atoms with E-state index in [2.05, 4.69) is 4.98 Å². The molecule has 24 heavy (non-hydrogen) atoms. The van der Waals surface area contributed by atoms with Crippen LogP contribution in [0.4, 0.5) is 0 Å². The lowest BCUT2D eigenvalue weighted by Gasteiger charge is -2.22. The van der Waals surface area contributed by atoms with Crippen molar-refractivity contribution in [2.24, 2.45) is 0 Å². The number of ketones is 2. The molecule has 124 valence electrons. The molecule has 6 heteroatoms. The number of allylic oxidation sites excluding steroid dienone is 2. The van der Waals surface area contributed by atoms with Crippen molar-refractivity contribution >= 4 is 22.9 Å². The maximum atomic E-state index is 12.2. The van der Waals surface area contributed by atoms with Gasteiger partial charge < -0.3 is 9.84 Å². The summed E-state index contributed by atoms with van der Waals surface area (Å²) in [6.45, 7) is 1.31. The minimum absolute atomic E-state index is 0.0520. The molecule has 0 amide bonds. The summed E-state index contributed by atoms with van der Waals surface area (Å²) in [5.74, 6) is -0.415. The molecule has 0 fully saturated rings. The Morgan fingerprint density at radius 1 is 1.33 bits per heavy atom. The van der Waals surface area contributed by atoms with Crippen molar-refractivity contribution in [2.45, 2.75) is 25.7 Å². The summed E-state index contributed by atoms with van der Waals surface area (Å²) in [7, 11) is 1.56. The molecule has 0 aliphatic heterocycles. The minimum Gasteiger partial charge on any atom is -0.511 e. The van der Waals surface area contributed by atoms with E-state index in [0.29, 0.717) is 5.88 Å². The maximum Gasteiger partial charge on any atom is 0.213 e. The van der Waals surface area contributed by atoms with Gasteiger partial charge in [-0.1, -0.05) is 6.07 Å². The average molecular weight is 343 g/mol. The molecule has 0 saturated heterocycles. The van der Waals surface area contributed by atoms with Gasteiger partial charge >= 0.3 is 0 Å². The SMILES string of the molecule is COc1cccc(-c2ccsc2[C@H]2CC(=O)C(C(C)=O)=C(O)C2)n1. The molecule has 0 spiro atoms. The zero-order valence-corrected chi connectivity index (χ0v) is 14.2.